The molecule has 0 radical (unpaired) electrons. The second-order valence-corrected chi connectivity index (χ2v) is 6.26. The number of aliphatic hydroxyl groups excluding tert-OH is 1. The molecule has 6 heteroatoms. The first-order chi connectivity index (χ1) is 10.2. The van der Waals surface area contributed by atoms with E-state index < -0.39 is 17.7 Å². The van der Waals surface area contributed by atoms with Crippen molar-refractivity contribution in [2.24, 2.45) is 0 Å². The number of rotatable bonds is 5. The van der Waals surface area contributed by atoms with Crippen LogP contribution in [0.1, 0.15) is 25.0 Å². The molecule has 120 valence electrons. The van der Waals surface area contributed by atoms with Gasteiger partial charge in [0, 0.05) is 0 Å². The lowest BCUT2D eigenvalue weighted by atomic mass is 10.1. The van der Waals surface area contributed by atoms with Gasteiger partial charge < -0.3 is 15.2 Å². The van der Waals surface area contributed by atoms with Crippen LogP contribution in [-0.4, -0.2) is 46.7 Å². The third kappa shape index (κ3) is 3.57. The number of nitrogens with zero attached hydrogens (tertiary/aromatic N) is 1. The van der Waals surface area contributed by atoms with E-state index in [-0.39, 0.29) is 19.1 Å². The Labute approximate surface area is 130 Å². The monoisotopic (exact) mass is 306 g/mol. The predicted molar refractivity (Wildman–Crippen MR) is 81.7 cm³/mol. The van der Waals surface area contributed by atoms with Gasteiger partial charge in [-0.1, -0.05) is 6.07 Å². The van der Waals surface area contributed by atoms with E-state index in [0.29, 0.717) is 5.75 Å². The van der Waals surface area contributed by atoms with E-state index in [4.69, 9.17) is 4.74 Å². The lowest BCUT2D eigenvalue weighted by molar-refractivity contribution is -0.131. The highest BCUT2D eigenvalue weighted by Gasteiger charge is 2.44. The summed E-state index contributed by atoms with van der Waals surface area (Å²) in [5, 5.41) is 12.6. The lowest BCUT2D eigenvalue weighted by Crippen LogP contribution is -2.42. The quantitative estimate of drug-likeness (QED) is 0.805. The zero-order chi connectivity index (χ0) is 16.5. The Morgan fingerprint density at radius 3 is 2.32 bits per heavy atom. The molecule has 1 atom stereocenters. The van der Waals surface area contributed by atoms with Gasteiger partial charge in [-0.2, -0.15) is 0 Å². The molecule has 1 saturated heterocycles. The molecule has 0 aromatic heterocycles. The topological polar surface area (TPSA) is 78.9 Å². The van der Waals surface area contributed by atoms with E-state index in [0.717, 1.165) is 16.0 Å². The highest BCUT2D eigenvalue weighted by molar-refractivity contribution is 6.06. The van der Waals surface area contributed by atoms with Crippen molar-refractivity contribution in [2.75, 3.05) is 13.2 Å². The molecule has 0 bridgehead atoms. The number of β-amino-alcohol motifs (C(OH)–C–C–N with tert-alkyl or cyclic N) is 1. The van der Waals surface area contributed by atoms with Crippen molar-refractivity contribution in [1.82, 2.24) is 10.2 Å². The maximum Gasteiger partial charge on any atom is 0.325 e. The smallest absolute Gasteiger partial charge is 0.325 e. The van der Waals surface area contributed by atoms with Crippen molar-refractivity contribution < 1.29 is 19.4 Å². The van der Waals surface area contributed by atoms with Crippen molar-refractivity contribution in [3.05, 3.63) is 29.3 Å². The largest absolute Gasteiger partial charge is 0.491 e. The average Bonchev–Trinajstić information content (AvgIpc) is 2.57. The van der Waals surface area contributed by atoms with E-state index in [1.165, 1.54) is 0 Å². The molecule has 6 nitrogen and oxygen atoms in total. The fourth-order valence-corrected chi connectivity index (χ4v) is 2.46. The van der Waals surface area contributed by atoms with Crippen LogP contribution in [0.2, 0.25) is 0 Å². The van der Waals surface area contributed by atoms with Gasteiger partial charge in [-0.05, 0) is 51.0 Å². The Morgan fingerprint density at radius 1 is 1.23 bits per heavy atom. The lowest BCUT2D eigenvalue weighted by Gasteiger charge is -2.19. The molecular weight excluding hydrogens is 284 g/mol. The molecule has 1 fully saturated rings. The summed E-state index contributed by atoms with van der Waals surface area (Å²) < 4.78 is 5.54. The number of carbonyl (C=O) groups excluding carboxylic acids is 2. The highest BCUT2D eigenvalue weighted by atomic mass is 16.5. The highest BCUT2D eigenvalue weighted by Crippen LogP contribution is 2.18. The van der Waals surface area contributed by atoms with Crippen molar-refractivity contribution in [1.29, 1.82) is 0 Å². The molecule has 1 aliphatic heterocycles. The molecule has 0 saturated carbocycles. The predicted octanol–water partition coefficient (Wildman–Crippen LogP) is 1.37. The first-order valence-electron chi connectivity index (χ1n) is 7.22. The molecule has 1 heterocycles. The Morgan fingerprint density at radius 2 is 1.82 bits per heavy atom. The summed E-state index contributed by atoms with van der Waals surface area (Å²) in [6.07, 6.45) is -0.940. The summed E-state index contributed by atoms with van der Waals surface area (Å²) in [5.41, 5.74) is 1.21. The fraction of sp³-hybridized carbons (Fsp3) is 0.500. The number of benzene rings is 1. The first kappa shape index (κ1) is 16.3. The number of hydrogen-bond acceptors (Lipinski definition) is 4. The third-order valence-corrected chi connectivity index (χ3v) is 3.48. The Balaban J connectivity index is 1.92. The van der Waals surface area contributed by atoms with Gasteiger partial charge in [0.1, 0.15) is 24.0 Å². The van der Waals surface area contributed by atoms with Gasteiger partial charge in [-0.15, -0.1) is 0 Å². The van der Waals surface area contributed by atoms with Crippen LogP contribution in [0.3, 0.4) is 0 Å². The van der Waals surface area contributed by atoms with Crippen LogP contribution >= 0.6 is 0 Å². The maximum atomic E-state index is 12.0. The SMILES string of the molecule is Cc1cc(C)cc(OC[C@H](O)CN2C(=O)NC(C)(C)C2=O)c1. The van der Waals surface area contributed by atoms with Crippen molar-refractivity contribution >= 4 is 11.9 Å². The van der Waals surface area contributed by atoms with Gasteiger partial charge in [0.15, 0.2) is 0 Å². The summed E-state index contributed by atoms with van der Waals surface area (Å²) in [7, 11) is 0. The van der Waals surface area contributed by atoms with Crippen LogP contribution in [0.15, 0.2) is 18.2 Å². The van der Waals surface area contributed by atoms with Crippen molar-refractivity contribution in [3.63, 3.8) is 0 Å². The zero-order valence-corrected chi connectivity index (χ0v) is 13.3. The standard InChI is InChI=1S/C16H22N2O4/c1-10-5-11(2)7-13(6-10)22-9-12(19)8-18-14(20)16(3,4)17-15(18)21/h5-7,12,19H,8-9H2,1-4H3,(H,17,21)/t12-/m1/s1. The molecule has 0 spiro atoms. The maximum absolute atomic E-state index is 12.0. The molecular formula is C16H22N2O4. The second-order valence-electron chi connectivity index (χ2n) is 6.26. The number of aryl methyl sites for hydroxylation is 2. The molecule has 22 heavy (non-hydrogen) atoms. The number of aliphatic hydroxyl groups is 1. The average molecular weight is 306 g/mol. The summed E-state index contributed by atoms with van der Waals surface area (Å²) in [4.78, 5) is 24.8. The van der Waals surface area contributed by atoms with Crippen LogP contribution in [0.5, 0.6) is 5.75 Å². The normalized spacial score (nSPS) is 18.3. The van der Waals surface area contributed by atoms with Crippen LogP contribution in [0.4, 0.5) is 4.79 Å². The fourth-order valence-electron chi connectivity index (χ4n) is 2.46. The van der Waals surface area contributed by atoms with Crippen molar-refractivity contribution in [3.8, 4) is 5.75 Å². The molecule has 1 aromatic carbocycles. The van der Waals surface area contributed by atoms with Gasteiger partial charge in [0.25, 0.3) is 5.91 Å². The van der Waals surface area contributed by atoms with E-state index >= 15 is 0 Å². The number of hydrogen-bond donors (Lipinski definition) is 2. The van der Waals surface area contributed by atoms with E-state index in [9.17, 15) is 14.7 Å². The Hall–Kier alpha value is -2.08. The third-order valence-electron chi connectivity index (χ3n) is 3.48. The van der Waals surface area contributed by atoms with Crippen molar-refractivity contribution in [2.45, 2.75) is 39.3 Å². The molecule has 0 aliphatic carbocycles. The van der Waals surface area contributed by atoms with Gasteiger partial charge in [0.2, 0.25) is 0 Å². The van der Waals surface area contributed by atoms with Gasteiger partial charge >= 0.3 is 6.03 Å². The van der Waals surface area contributed by atoms with Crippen LogP contribution in [0.25, 0.3) is 0 Å². The van der Waals surface area contributed by atoms with Gasteiger partial charge in [-0.25, -0.2) is 4.79 Å². The number of nitrogens with one attached hydrogen (secondary N) is 1. The summed E-state index contributed by atoms with van der Waals surface area (Å²) >= 11 is 0. The van der Waals surface area contributed by atoms with E-state index in [1.807, 2.05) is 32.0 Å². The molecule has 2 rings (SSSR count). The number of imide groups is 1. The number of urea groups is 1. The molecule has 1 aromatic rings. The van der Waals surface area contributed by atoms with Crippen LogP contribution in [0, 0.1) is 13.8 Å². The van der Waals surface area contributed by atoms with Crippen LogP contribution in [-0.2, 0) is 4.79 Å². The number of ether oxygens (including phenoxy) is 1. The van der Waals surface area contributed by atoms with Gasteiger partial charge in [-0.3, -0.25) is 9.69 Å². The zero-order valence-electron chi connectivity index (χ0n) is 13.3. The number of amides is 3. The first-order valence-corrected chi connectivity index (χ1v) is 7.22. The number of carbonyl (C=O) groups is 2. The second kappa shape index (κ2) is 5.96. The summed E-state index contributed by atoms with van der Waals surface area (Å²) in [6.45, 7) is 7.12. The molecule has 2 N–H and O–H groups in total. The Kier molecular flexibility index (Phi) is 4.42. The minimum atomic E-state index is -0.940. The molecule has 3 amide bonds. The van der Waals surface area contributed by atoms with E-state index in [2.05, 4.69) is 5.32 Å². The minimum Gasteiger partial charge on any atom is -0.491 e. The molecule has 1 aliphatic rings. The summed E-state index contributed by atoms with van der Waals surface area (Å²) in [5.74, 6) is 0.317. The van der Waals surface area contributed by atoms with Gasteiger partial charge in [0.05, 0.1) is 6.54 Å². The van der Waals surface area contributed by atoms with Crippen LogP contribution < -0.4 is 10.1 Å². The Bertz CT molecular complexity index is 578. The molecule has 0 unspecified atom stereocenters. The summed E-state index contributed by atoms with van der Waals surface area (Å²) in [6, 6.07) is 5.28. The minimum absolute atomic E-state index is 0.0143. The van der Waals surface area contributed by atoms with E-state index in [1.54, 1.807) is 13.8 Å².